The molecule has 3 atom stereocenters. The molecule has 1 aliphatic rings. The van der Waals surface area contributed by atoms with E-state index in [9.17, 15) is 0 Å². The highest BCUT2D eigenvalue weighted by atomic mass is 79.9. The van der Waals surface area contributed by atoms with E-state index in [0.29, 0.717) is 5.92 Å². The SMILES string of the molecule is OC[C@H](O)[C@H]1C[C@@H]1C#CBr. The highest BCUT2D eigenvalue weighted by Gasteiger charge is 2.40. The van der Waals surface area contributed by atoms with E-state index >= 15 is 0 Å². The first-order valence-electron chi connectivity index (χ1n) is 3.19. The summed E-state index contributed by atoms with van der Waals surface area (Å²) < 4.78 is 0. The lowest BCUT2D eigenvalue weighted by Crippen LogP contribution is -2.15. The Balaban J connectivity index is 2.29. The van der Waals surface area contributed by atoms with Crippen LogP contribution in [0.3, 0.4) is 0 Å². The molecule has 1 fully saturated rings. The fourth-order valence-corrected chi connectivity index (χ4v) is 1.31. The summed E-state index contributed by atoms with van der Waals surface area (Å²) in [4.78, 5) is 2.61. The van der Waals surface area contributed by atoms with Gasteiger partial charge in [-0.2, -0.15) is 0 Å². The van der Waals surface area contributed by atoms with Gasteiger partial charge < -0.3 is 10.2 Å². The Hall–Kier alpha value is -0.0400. The lowest BCUT2D eigenvalue weighted by molar-refractivity contribution is 0.0757. The lowest BCUT2D eigenvalue weighted by atomic mass is 10.2. The largest absolute Gasteiger partial charge is 0.394 e. The van der Waals surface area contributed by atoms with E-state index in [-0.39, 0.29) is 12.5 Å². The van der Waals surface area contributed by atoms with Gasteiger partial charge in [-0.1, -0.05) is 5.92 Å². The third kappa shape index (κ3) is 1.72. The van der Waals surface area contributed by atoms with Crippen molar-refractivity contribution in [1.82, 2.24) is 0 Å². The Bertz CT molecular complexity index is 170. The summed E-state index contributed by atoms with van der Waals surface area (Å²) >= 11 is 2.98. The molecule has 2 nitrogen and oxygen atoms in total. The molecule has 0 aliphatic heterocycles. The molecule has 2 N–H and O–H groups in total. The average Bonchev–Trinajstić information content (AvgIpc) is 2.67. The molecule has 0 unspecified atom stereocenters. The summed E-state index contributed by atoms with van der Waals surface area (Å²) in [6.45, 7) is -0.148. The standard InChI is InChI=1S/C7H9BrO2/c8-2-1-5-3-6(5)7(10)4-9/h5-7,9-10H,3-4H2/t5-,6-,7-/m0/s1. The van der Waals surface area contributed by atoms with Crippen LogP contribution in [0.25, 0.3) is 0 Å². The normalized spacial score (nSPS) is 32.3. The molecule has 0 spiro atoms. The third-order valence-corrected chi connectivity index (χ3v) is 1.99. The van der Waals surface area contributed by atoms with Gasteiger partial charge in [0, 0.05) is 27.8 Å². The highest BCUT2D eigenvalue weighted by molar-refractivity contribution is 9.12. The first kappa shape index (κ1) is 8.06. The van der Waals surface area contributed by atoms with Crippen LogP contribution in [0.5, 0.6) is 0 Å². The van der Waals surface area contributed by atoms with Gasteiger partial charge in [0.25, 0.3) is 0 Å². The maximum atomic E-state index is 9.06. The first-order chi connectivity index (χ1) is 4.79. The fourth-order valence-electron chi connectivity index (χ4n) is 1.01. The third-order valence-electron chi connectivity index (χ3n) is 1.76. The predicted molar refractivity (Wildman–Crippen MR) is 41.4 cm³/mol. The van der Waals surface area contributed by atoms with Crippen LogP contribution in [0.4, 0.5) is 0 Å². The van der Waals surface area contributed by atoms with Crippen molar-refractivity contribution in [2.75, 3.05) is 6.61 Å². The van der Waals surface area contributed by atoms with Crippen molar-refractivity contribution < 1.29 is 10.2 Å². The Morgan fingerprint density at radius 3 is 2.90 bits per heavy atom. The van der Waals surface area contributed by atoms with Crippen molar-refractivity contribution in [3.63, 3.8) is 0 Å². The Kier molecular flexibility index (Phi) is 2.72. The van der Waals surface area contributed by atoms with Gasteiger partial charge in [0.05, 0.1) is 12.7 Å². The zero-order valence-electron chi connectivity index (χ0n) is 5.42. The van der Waals surface area contributed by atoms with Crippen LogP contribution < -0.4 is 0 Å². The second-order valence-corrected chi connectivity index (χ2v) is 2.89. The topological polar surface area (TPSA) is 40.5 Å². The molecule has 10 heavy (non-hydrogen) atoms. The van der Waals surface area contributed by atoms with Gasteiger partial charge in [-0.3, -0.25) is 0 Å². The monoisotopic (exact) mass is 204 g/mol. The lowest BCUT2D eigenvalue weighted by Gasteiger charge is -2.01. The van der Waals surface area contributed by atoms with Gasteiger partial charge in [0.2, 0.25) is 0 Å². The van der Waals surface area contributed by atoms with Crippen molar-refractivity contribution >= 4 is 15.9 Å². The van der Waals surface area contributed by atoms with Crippen LogP contribution in [0.15, 0.2) is 0 Å². The number of hydrogen-bond donors (Lipinski definition) is 2. The molecular formula is C7H9BrO2. The van der Waals surface area contributed by atoms with Crippen LogP contribution in [0.1, 0.15) is 6.42 Å². The van der Waals surface area contributed by atoms with Gasteiger partial charge >= 0.3 is 0 Å². The summed E-state index contributed by atoms with van der Waals surface area (Å²) in [5, 5.41) is 17.6. The first-order valence-corrected chi connectivity index (χ1v) is 3.99. The average molecular weight is 205 g/mol. The second kappa shape index (κ2) is 3.38. The summed E-state index contributed by atoms with van der Waals surface area (Å²) in [5.74, 6) is 3.38. The molecule has 1 saturated carbocycles. The molecule has 0 heterocycles. The minimum absolute atomic E-state index is 0.148. The molecule has 3 heteroatoms. The molecule has 0 aromatic carbocycles. The van der Waals surface area contributed by atoms with Crippen LogP contribution in [-0.4, -0.2) is 22.9 Å². The van der Waals surface area contributed by atoms with Crippen molar-refractivity contribution in [3.05, 3.63) is 0 Å². The van der Waals surface area contributed by atoms with Crippen LogP contribution in [0.2, 0.25) is 0 Å². The minimum Gasteiger partial charge on any atom is -0.394 e. The predicted octanol–water partition coefficient (Wildman–Crippen LogP) is 0.332. The van der Waals surface area contributed by atoms with Crippen LogP contribution in [-0.2, 0) is 0 Å². The molecule has 1 aliphatic carbocycles. The van der Waals surface area contributed by atoms with Crippen molar-refractivity contribution in [1.29, 1.82) is 0 Å². The molecule has 0 bridgehead atoms. The maximum absolute atomic E-state index is 9.06. The van der Waals surface area contributed by atoms with E-state index in [1.807, 2.05) is 0 Å². The summed E-state index contributed by atoms with van der Waals surface area (Å²) in [5.41, 5.74) is 0. The van der Waals surface area contributed by atoms with Crippen molar-refractivity contribution in [2.24, 2.45) is 11.8 Å². The Morgan fingerprint density at radius 1 is 1.70 bits per heavy atom. The second-order valence-electron chi connectivity index (χ2n) is 2.49. The maximum Gasteiger partial charge on any atom is 0.0811 e. The molecular weight excluding hydrogens is 196 g/mol. The molecule has 1 rings (SSSR count). The van der Waals surface area contributed by atoms with Gasteiger partial charge in [-0.25, -0.2) is 0 Å². The highest BCUT2D eigenvalue weighted by Crippen LogP contribution is 2.40. The van der Waals surface area contributed by atoms with Crippen molar-refractivity contribution in [3.8, 4) is 10.8 Å². The Labute approximate surface area is 68.4 Å². The van der Waals surface area contributed by atoms with E-state index in [1.54, 1.807) is 0 Å². The van der Waals surface area contributed by atoms with Gasteiger partial charge in [-0.15, -0.1) is 0 Å². The van der Waals surface area contributed by atoms with Gasteiger partial charge in [0.15, 0.2) is 0 Å². The van der Waals surface area contributed by atoms with Crippen molar-refractivity contribution in [2.45, 2.75) is 12.5 Å². The summed E-state index contributed by atoms with van der Waals surface area (Å²) in [6.07, 6.45) is 0.346. The molecule has 0 aromatic rings. The van der Waals surface area contributed by atoms with Crippen LogP contribution in [0, 0.1) is 22.6 Å². The Morgan fingerprint density at radius 2 is 2.40 bits per heavy atom. The number of rotatable bonds is 2. The molecule has 0 radical (unpaired) electrons. The van der Waals surface area contributed by atoms with E-state index < -0.39 is 6.10 Å². The quantitative estimate of drug-likeness (QED) is 0.638. The summed E-state index contributed by atoms with van der Waals surface area (Å²) in [7, 11) is 0. The van der Waals surface area contributed by atoms with Gasteiger partial charge in [0.1, 0.15) is 0 Å². The van der Waals surface area contributed by atoms with E-state index in [1.165, 1.54) is 0 Å². The molecule has 0 saturated heterocycles. The summed E-state index contributed by atoms with van der Waals surface area (Å²) in [6, 6.07) is 0. The smallest absolute Gasteiger partial charge is 0.0811 e. The minimum atomic E-state index is -0.571. The number of halogens is 1. The molecule has 0 amide bonds. The zero-order chi connectivity index (χ0) is 7.56. The fraction of sp³-hybridized carbons (Fsp3) is 0.714. The molecule has 0 aromatic heterocycles. The van der Waals surface area contributed by atoms with Gasteiger partial charge in [-0.05, 0) is 11.3 Å². The van der Waals surface area contributed by atoms with E-state index in [4.69, 9.17) is 10.2 Å². The zero-order valence-corrected chi connectivity index (χ0v) is 7.00. The number of aliphatic hydroxyl groups is 2. The van der Waals surface area contributed by atoms with Crippen LogP contribution >= 0.6 is 15.9 Å². The van der Waals surface area contributed by atoms with E-state index in [2.05, 4.69) is 26.7 Å². The molecule has 56 valence electrons. The van der Waals surface area contributed by atoms with E-state index in [0.717, 1.165) is 6.42 Å². The number of aliphatic hydroxyl groups excluding tert-OH is 2. The number of hydrogen-bond acceptors (Lipinski definition) is 2.